The van der Waals surface area contributed by atoms with Gasteiger partial charge >= 0.3 is 11.9 Å². The van der Waals surface area contributed by atoms with Crippen molar-refractivity contribution >= 4 is 11.9 Å². The molecule has 0 bridgehead atoms. The number of esters is 2. The first-order valence-electron chi connectivity index (χ1n) is 8.93. The molecule has 24 heavy (non-hydrogen) atoms. The summed E-state index contributed by atoms with van der Waals surface area (Å²) in [5.41, 5.74) is 0.904. The minimum absolute atomic E-state index is 0.0353. The third-order valence-electron chi connectivity index (χ3n) is 4.83. The van der Waals surface area contributed by atoms with Crippen LogP contribution in [0.1, 0.15) is 66.2 Å². The average molecular weight is 336 g/mol. The standard InChI is InChI=1S/C20H32O4/c1-13(2)19(21)23-16(6)8-7-15(5)17-9-11-18(12-10-17)24-20(22)14(3)4/h15-18H,1,3,7-12H2,2,4-6H3. The van der Waals surface area contributed by atoms with Crippen LogP contribution in [-0.2, 0) is 19.1 Å². The topological polar surface area (TPSA) is 52.6 Å². The van der Waals surface area contributed by atoms with E-state index in [1.165, 1.54) is 0 Å². The second-order valence-electron chi connectivity index (χ2n) is 7.27. The molecule has 0 N–H and O–H groups in total. The second kappa shape index (κ2) is 9.65. The first kappa shape index (κ1) is 20.5. The van der Waals surface area contributed by atoms with Crippen molar-refractivity contribution in [2.75, 3.05) is 0 Å². The molecule has 2 unspecified atom stereocenters. The van der Waals surface area contributed by atoms with Gasteiger partial charge in [0.25, 0.3) is 0 Å². The van der Waals surface area contributed by atoms with Crippen molar-refractivity contribution in [2.24, 2.45) is 11.8 Å². The summed E-state index contributed by atoms with van der Waals surface area (Å²) in [6.07, 6.45) is 5.86. The van der Waals surface area contributed by atoms with Crippen LogP contribution in [0.4, 0.5) is 0 Å². The number of hydrogen-bond acceptors (Lipinski definition) is 4. The fraction of sp³-hybridized carbons (Fsp3) is 0.700. The summed E-state index contributed by atoms with van der Waals surface area (Å²) >= 11 is 0. The molecular weight excluding hydrogens is 304 g/mol. The largest absolute Gasteiger partial charge is 0.459 e. The van der Waals surface area contributed by atoms with E-state index in [0.29, 0.717) is 23.0 Å². The summed E-state index contributed by atoms with van der Waals surface area (Å²) in [6, 6.07) is 0. The Morgan fingerprint density at radius 2 is 1.50 bits per heavy atom. The molecule has 0 aromatic heterocycles. The Hall–Kier alpha value is -1.58. The maximum Gasteiger partial charge on any atom is 0.333 e. The highest BCUT2D eigenvalue weighted by Crippen LogP contribution is 2.34. The van der Waals surface area contributed by atoms with Gasteiger partial charge in [-0.15, -0.1) is 0 Å². The van der Waals surface area contributed by atoms with E-state index in [2.05, 4.69) is 20.1 Å². The molecule has 0 aromatic carbocycles. The molecule has 1 aliphatic rings. The average Bonchev–Trinajstić information content (AvgIpc) is 2.53. The molecule has 0 aromatic rings. The third kappa shape index (κ3) is 6.90. The quantitative estimate of drug-likeness (QED) is 0.480. The van der Waals surface area contributed by atoms with E-state index in [1.54, 1.807) is 13.8 Å². The molecule has 0 aliphatic heterocycles. The monoisotopic (exact) mass is 336 g/mol. The Bertz CT molecular complexity index is 472. The van der Waals surface area contributed by atoms with E-state index in [1.807, 2.05) is 6.92 Å². The maximum absolute atomic E-state index is 11.6. The van der Waals surface area contributed by atoms with Crippen LogP contribution in [0.2, 0.25) is 0 Å². The number of hydrogen-bond donors (Lipinski definition) is 0. The molecule has 0 amide bonds. The normalized spacial score (nSPS) is 23.0. The summed E-state index contributed by atoms with van der Waals surface area (Å²) in [4.78, 5) is 23.1. The van der Waals surface area contributed by atoms with Crippen LogP contribution < -0.4 is 0 Å². The zero-order valence-electron chi connectivity index (χ0n) is 15.6. The van der Waals surface area contributed by atoms with Crippen molar-refractivity contribution in [1.82, 2.24) is 0 Å². The molecule has 1 fully saturated rings. The Labute approximate surface area is 146 Å². The van der Waals surface area contributed by atoms with Gasteiger partial charge in [-0.25, -0.2) is 9.59 Å². The molecule has 4 nitrogen and oxygen atoms in total. The van der Waals surface area contributed by atoms with Crippen LogP contribution in [0.5, 0.6) is 0 Å². The van der Waals surface area contributed by atoms with Crippen molar-refractivity contribution in [3.05, 3.63) is 24.3 Å². The molecule has 0 saturated heterocycles. The number of carbonyl (C=O) groups excluding carboxylic acids is 2. The number of carbonyl (C=O) groups is 2. The Balaban J connectivity index is 2.29. The number of rotatable bonds is 8. The van der Waals surface area contributed by atoms with Crippen molar-refractivity contribution in [3.8, 4) is 0 Å². The molecule has 1 saturated carbocycles. The molecular formula is C20H32O4. The first-order chi connectivity index (χ1) is 11.2. The Morgan fingerprint density at radius 1 is 0.958 bits per heavy atom. The van der Waals surface area contributed by atoms with E-state index in [9.17, 15) is 9.59 Å². The Kier molecular flexibility index (Phi) is 8.23. The molecule has 1 aliphatic carbocycles. The van der Waals surface area contributed by atoms with Gasteiger partial charge in [-0.05, 0) is 71.1 Å². The van der Waals surface area contributed by atoms with Gasteiger partial charge in [0, 0.05) is 11.1 Å². The maximum atomic E-state index is 11.6. The molecule has 0 radical (unpaired) electrons. The third-order valence-corrected chi connectivity index (χ3v) is 4.83. The smallest absolute Gasteiger partial charge is 0.333 e. The highest BCUT2D eigenvalue weighted by molar-refractivity contribution is 5.87. The predicted molar refractivity (Wildman–Crippen MR) is 95.4 cm³/mol. The lowest BCUT2D eigenvalue weighted by Crippen LogP contribution is -2.27. The summed E-state index contributed by atoms with van der Waals surface area (Å²) in [5.74, 6) is 0.636. The van der Waals surface area contributed by atoms with E-state index in [-0.39, 0.29) is 24.1 Å². The van der Waals surface area contributed by atoms with E-state index in [0.717, 1.165) is 38.5 Å². The zero-order chi connectivity index (χ0) is 18.3. The number of ether oxygens (including phenoxy) is 2. The lowest BCUT2D eigenvalue weighted by atomic mass is 9.78. The van der Waals surface area contributed by atoms with Gasteiger partial charge in [0.1, 0.15) is 6.10 Å². The second-order valence-corrected chi connectivity index (χ2v) is 7.27. The van der Waals surface area contributed by atoms with Crippen LogP contribution in [0.25, 0.3) is 0 Å². The van der Waals surface area contributed by atoms with Crippen molar-refractivity contribution < 1.29 is 19.1 Å². The van der Waals surface area contributed by atoms with Gasteiger partial charge in [0.2, 0.25) is 0 Å². The minimum atomic E-state index is -0.310. The fourth-order valence-electron chi connectivity index (χ4n) is 3.10. The van der Waals surface area contributed by atoms with E-state index >= 15 is 0 Å². The van der Waals surface area contributed by atoms with Gasteiger partial charge < -0.3 is 9.47 Å². The summed E-state index contributed by atoms with van der Waals surface area (Å²) in [6.45, 7) is 14.8. The first-order valence-corrected chi connectivity index (χ1v) is 8.93. The lowest BCUT2D eigenvalue weighted by Gasteiger charge is -2.32. The zero-order valence-corrected chi connectivity index (χ0v) is 15.6. The van der Waals surface area contributed by atoms with Gasteiger partial charge in [-0.1, -0.05) is 20.1 Å². The fourth-order valence-corrected chi connectivity index (χ4v) is 3.10. The van der Waals surface area contributed by atoms with Crippen molar-refractivity contribution in [1.29, 1.82) is 0 Å². The van der Waals surface area contributed by atoms with Crippen molar-refractivity contribution in [2.45, 2.75) is 78.4 Å². The molecule has 0 spiro atoms. The van der Waals surface area contributed by atoms with Gasteiger partial charge in [-0.3, -0.25) is 0 Å². The van der Waals surface area contributed by atoms with Crippen LogP contribution in [0.15, 0.2) is 24.3 Å². The van der Waals surface area contributed by atoms with Crippen LogP contribution >= 0.6 is 0 Å². The van der Waals surface area contributed by atoms with Gasteiger partial charge in [0.15, 0.2) is 0 Å². The lowest BCUT2D eigenvalue weighted by molar-refractivity contribution is -0.146. The summed E-state index contributed by atoms with van der Waals surface area (Å²) < 4.78 is 10.8. The van der Waals surface area contributed by atoms with E-state index < -0.39 is 0 Å². The Morgan fingerprint density at radius 3 is 2.00 bits per heavy atom. The van der Waals surface area contributed by atoms with Gasteiger partial charge in [0.05, 0.1) is 6.10 Å². The molecule has 136 valence electrons. The molecule has 4 heteroatoms. The van der Waals surface area contributed by atoms with Gasteiger partial charge in [-0.2, -0.15) is 0 Å². The van der Waals surface area contributed by atoms with Crippen LogP contribution in [-0.4, -0.2) is 24.1 Å². The minimum Gasteiger partial charge on any atom is -0.459 e. The highest BCUT2D eigenvalue weighted by Gasteiger charge is 2.27. The highest BCUT2D eigenvalue weighted by atomic mass is 16.5. The molecule has 2 atom stereocenters. The molecule has 0 heterocycles. The van der Waals surface area contributed by atoms with E-state index in [4.69, 9.17) is 9.47 Å². The molecule has 1 rings (SSSR count). The summed E-state index contributed by atoms with van der Waals surface area (Å²) in [7, 11) is 0. The predicted octanol–water partition coefficient (Wildman–Crippen LogP) is 4.59. The van der Waals surface area contributed by atoms with Crippen molar-refractivity contribution in [3.63, 3.8) is 0 Å². The SMILES string of the molecule is C=C(C)C(=O)OC(C)CCC(C)C1CCC(OC(=O)C(=C)C)CC1. The summed E-state index contributed by atoms with van der Waals surface area (Å²) in [5, 5.41) is 0. The van der Waals surface area contributed by atoms with Crippen LogP contribution in [0.3, 0.4) is 0 Å². The van der Waals surface area contributed by atoms with Crippen LogP contribution in [0, 0.1) is 11.8 Å².